The fourth-order valence-electron chi connectivity index (χ4n) is 3.95. The Morgan fingerprint density at radius 3 is 2.54 bits per heavy atom. The molecular weight excluding hydrogens is 298 g/mol. The maximum atomic E-state index is 12.4. The fraction of sp³-hybridized carbons (Fsp3) is 0.600. The molecule has 1 aliphatic carbocycles. The van der Waals surface area contributed by atoms with Gasteiger partial charge in [-0.3, -0.25) is 9.69 Å². The van der Waals surface area contributed by atoms with Crippen LogP contribution in [-0.4, -0.2) is 41.9 Å². The summed E-state index contributed by atoms with van der Waals surface area (Å²) < 4.78 is 0. The quantitative estimate of drug-likeness (QED) is 0.835. The van der Waals surface area contributed by atoms with Gasteiger partial charge in [0.2, 0.25) is 5.91 Å². The van der Waals surface area contributed by atoms with Crippen LogP contribution in [0.25, 0.3) is 0 Å². The Hall–Kier alpha value is -1.86. The Kier molecular flexibility index (Phi) is 5.87. The summed E-state index contributed by atoms with van der Waals surface area (Å²) in [5.41, 5.74) is 1.84. The normalized spacial score (nSPS) is 19.4. The monoisotopic (exact) mass is 325 g/mol. The second-order valence-corrected chi connectivity index (χ2v) is 7.12. The molecule has 0 bridgehead atoms. The van der Waals surface area contributed by atoms with E-state index in [2.05, 4.69) is 11.0 Å². The van der Waals surface area contributed by atoms with Gasteiger partial charge in [0.1, 0.15) is 0 Å². The van der Waals surface area contributed by atoms with Crippen molar-refractivity contribution in [3.05, 3.63) is 35.4 Å². The van der Waals surface area contributed by atoms with Crippen LogP contribution in [0, 0.1) is 17.2 Å². The van der Waals surface area contributed by atoms with Crippen LogP contribution in [0.1, 0.15) is 49.7 Å². The van der Waals surface area contributed by atoms with Gasteiger partial charge >= 0.3 is 0 Å². The standard InChI is InChI=1S/C20H27N3O/c21-15-18-7-3-4-8-19(18)16-22-11-13-23(14-12-22)20(24)10-9-17-5-1-2-6-17/h3-4,7-8,17H,1-2,5-6,9-14,16H2. The summed E-state index contributed by atoms with van der Waals surface area (Å²) in [7, 11) is 0. The van der Waals surface area contributed by atoms with E-state index < -0.39 is 0 Å². The molecule has 1 aromatic carbocycles. The van der Waals surface area contributed by atoms with Gasteiger partial charge in [0.25, 0.3) is 0 Å². The third kappa shape index (κ3) is 4.36. The highest BCUT2D eigenvalue weighted by atomic mass is 16.2. The molecule has 0 spiro atoms. The average Bonchev–Trinajstić information content (AvgIpc) is 3.14. The Balaban J connectivity index is 1.43. The van der Waals surface area contributed by atoms with Gasteiger partial charge in [-0.25, -0.2) is 0 Å². The van der Waals surface area contributed by atoms with Crippen LogP contribution >= 0.6 is 0 Å². The van der Waals surface area contributed by atoms with E-state index in [-0.39, 0.29) is 0 Å². The third-order valence-electron chi connectivity index (χ3n) is 5.50. The number of rotatable bonds is 5. The number of hydrogen-bond donors (Lipinski definition) is 0. The molecule has 0 unspecified atom stereocenters. The molecule has 24 heavy (non-hydrogen) atoms. The molecule has 1 saturated carbocycles. The first-order valence-corrected chi connectivity index (χ1v) is 9.24. The van der Waals surface area contributed by atoms with Crippen molar-refractivity contribution in [1.82, 2.24) is 9.80 Å². The van der Waals surface area contributed by atoms with Gasteiger partial charge in [-0.1, -0.05) is 43.9 Å². The minimum Gasteiger partial charge on any atom is -0.340 e. The molecule has 1 heterocycles. The zero-order valence-corrected chi connectivity index (χ0v) is 14.4. The predicted octanol–water partition coefficient (Wildman–Crippen LogP) is 3.17. The van der Waals surface area contributed by atoms with E-state index in [4.69, 9.17) is 0 Å². The van der Waals surface area contributed by atoms with E-state index in [1.54, 1.807) is 0 Å². The summed E-state index contributed by atoms with van der Waals surface area (Å²) in [5, 5.41) is 9.19. The van der Waals surface area contributed by atoms with Crippen molar-refractivity contribution in [2.75, 3.05) is 26.2 Å². The molecule has 3 rings (SSSR count). The van der Waals surface area contributed by atoms with Gasteiger partial charge in [-0.2, -0.15) is 5.26 Å². The number of benzene rings is 1. The molecule has 0 N–H and O–H groups in total. The van der Waals surface area contributed by atoms with Gasteiger partial charge in [-0.15, -0.1) is 0 Å². The van der Waals surface area contributed by atoms with Crippen LogP contribution in [0.2, 0.25) is 0 Å². The molecule has 1 saturated heterocycles. The lowest BCUT2D eigenvalue weighted by molar-refractivity contribution is -0.133. The number of piperazine rings is 1. The van der Waals surface area contributed by atoms with Crippen molar-refractivity contribution in [2.24, 2.45) is 5.92 Å². The zero-order valence-electron chi connectivity index (χ0n) is 14.4. The Labute approximate surface area is 145 Å². The second kappa shape index (κ2) is 8.30. The van der Waals surface area contributed by atoms with Crippen LogP contribution in [0.5, 0.6) is 0 Å². The molecule has 128 valence electrons. The van der Waals surface area contributed by atoms with E-state index in [0.717, 1.165) is 62.6 Å². The Bertz CT molecular complexity index is 593. The van der Waals surface area contributed by atoms with Crippen LogP contribution < -0.4 is 0 Å². The van der Waals surface area contributed by atoms with Crippen molar-refractivity contribution >= 4 is 5.91 Å². The zero-order chi connectivity index (χ0) is 16.8. The third-order valence-corrected chi connectivity index (χ3v) is 5.50. The highest BCUT2D eigenvalue weighted by molar-refractivity contribution is 5.76. The number of hydrogen-bond acceptors (Lipinski definition) is 3. The lowest BCUT2D eigenvalue weighted by Gasteiger charge is -2.35. The smallest absolute Gasteiger partial charge is 0.222 e. The van der Waals surface area contributed by atoms with E-state index in [0.29, 0.717) is 5.91 Å². The van der Waals surface area contributed by atoms with Crippen LogP contribution in [-0.2, 0) is 11.3 Å². The number of nitrogens with zero attached hydrogens (tertiary/aromatic N) is 3. The maximum Gasteiger partial charge on any atom is 0.222 e. The first kappa shape index (κ1) is 17.0. The predicted molar refractivity (Wildman–Crippen MR) is 94.2 cm³/mol. The van der Waals surface area contributed by atoms with Gasteiger partial charge in [0, 0.05) is 39.1 Å². The van der Waals surface area contributed by atoms with Gasteiger partial charge < -0.3 is 4.90 Å². The van der Waals surface area contributed by atoms with Crippen LogP contribution in [0.3, 0.4) is 0 Å². The molecule has 1 amide bonds. The van der Waals surface area contributed by atoms with Crippen molar-refractivity contribution < 1.29 is 4.79 Å². The van der Waals surface area contributed by atoms with Gasteiger partial charge in [0.05, 0.1) is 11.6 Å². The highest BCUT2D eigenvalue weighted by Gasteiger charge is 2.23. The topological polar surface area (TPSA) is 47.3 Å². The molecule has 2 aliphatic rings. The van der Waals surface area contributed by atoms with Crippen LogP contribution in [0.15, 0.2) is 24.3 Å². The van der Waals surface area contributed by atoms with E-state index in [9.17, 15) is 10.1 Å². The Morgan fingerprint density at radius 2 is 1.83 bits per heavy atom. The van der Waals surface area contributed by atoms with Gasteiger partial charge in [-0.05, 0) is 24.0 Å². The second-order valence-electron chi connectivity index (χ2n) is 7.12. The lowest BCUT2D eigenvalue weighted by Crippen LogP contribution is -2.48. The summed E-state index contributed by atoms with van der Waals surface area (Å²) in [5.74, 6) is 1.12. The highest BCUT2D eigenvalue weighted by Crippen LogP contribution is 2.28. The fourth-order valence-corrected chi connectivity index (χ4v) is 3.95. The number of nitriles is 1. The number of amides is 1. The summed E-state index contributed by atoms with van der Waals surface area (Å²) in [6.45, 7) is 4.23. The average molecular weight is 325 g/mol. The molecular formula is C20H27N3O. The summed E-state index contributed by atoms with van der Waals surface area (Å²) in [6, 6.07) is 10.1. The van der Waals surface area contributed by atoms with Crippen molar-refractivity contribution in [1.29, 1.82) is 5.26 Å². The minimum atomic E-state index is 0.332. The SMILES string of the molecule is N#Cc1ccccc1CN1CCN(C(=O)CCC2CCCC2)CC1. The van der Waals surface area contributed by atoms with E-state index >= 15 is 0 Å². The maximum absolute atomic E-state index is 12.4. The molecule has 1 aromatic rings. The molecule has 0 aromatic heterocycles. The molecule has 2 fully saturated rings. The van der Waals surface area contributed by atoms with Crippen molar-refractivity contribution in [3.63, 3.8) is 0 Å². The Morgan fingerprint density at radius 1 is 1.12 bits per heavy atom. The van der Waals surface area contributed by atoms with E-state index in [1.807, 2.05) is 29.2 Å². The molecule has 1 aliphatic heterocycles. The van der Waals surface area contributed by atoms with E-state index in [1.165, 1.54) is 25.7 Å². The summed E-state index contributed by atoms with van der Waals surface area (Å²) >= 11 is 0. The van der Waals surface area contributed by atoms with Gasteiger partial charge in [0.15, 0.2) is 0 Å². The molecule has 0 radical (unpaired) electrons. The molecule has 4 nitrogen and oxygen atoms in total. The van der Waals surface area contributed by atoms with Crippen molar-refractivity contribution in [2.45, 2.75) is 45.1 Å². The first-order valence-electron chi connectivity index (χ1n) is 9.24. The number of carbonyl (C=O) groups excluding carboxylic acids is 1. The lowest BCUT2D eigenvalue weighted by atomic mass is 10.0. The minimum absolute atomic E-state index is 0.332. The number of carbonyl (C=O) groups is 1. The summed E-state index contributed by atoms with van der Waals surface area (Å²) in [4.78, 5) is 16.8. The largest absolute Gasteiger partial charge is 0.340 e. The summed E-state index contributed by atoms with van der Waals surface area (Å²) in [6.07, 6.45) is 7.14. The van der Waals surface area contributed by atoms with Crippen molar-refractivity contribution in [3.8, 4) is 6.07 Å². The molecule has 0 atom stereocenters. The van der Waals surface area contributed by atoms with Crippen LogP contribution in [0.4, 0.5) is 0 Å². The first-order chi connectivity index (χ1) is 11.8. The molecule has 4 heteroatoms.